The zero-order valence-corrected chi connectivity index (χ0v) is 18.4. The zero-order chi connectivity index (χ0) is 23.4. The molecule has 168 valence electrons. The lowest BCUT2D eigenvalue weighted by molar-refractivity contribution is 0.0952. The van der Waals surface area contributed by atoms with Crippen molar-refractivity contribution in [1.82, 2.24) is 20.1 Å². The number of hydrogen-bond acceptors (Lipinski definition) is 5. The number of aromatic nitrogens is 3. The number of hydrogen-bond donors (Lipinski definition) is 2. The molecule has 2 N–H and O–H groups in total. The fourth-order valence-electron chi connectivity index (χ4n) is 3.20. The van der Waals surface area contributed by atoms with Crippen LogP contribution in [0.5, 0.6) is 0 Å². The van der Waals surface area contributed by atoms with Crippen LogP contribution in [-0.4, -0.2) is 29.1 Å². The van der Waals surface area contributed by atoms with Gasteiger partial charge in [-0.2, -0.15) is 5.10 Å². The Labute approximate surface area is 190 Å². The van der Waals surface area contributed by atoms with Crippen LogP contribution in [-0.2, 0) is 16.6 Å². The summed E-state index contributed by atoms with van der Waals surface area (Å²) in [6, 6.07) is 15.1. The maximum absolute atomic E-state index is 13.5. The van der Waals surface area contributed by atoms with Crippen LogP contribution in [0.3, 0.4) is 0 Å². The van der Waals surface area contributed by atoms with Crippen molar-refractivity contribution in [3.05, 3.63) is 102 Å². The van der Waals surface area contributed by atoms with Crippen LogP contribution in [0.15, 0.2) is 84.1 Å². The molecule has 0 aliphatic heterocycles. The highest BCUT2D eigenvalue weighted by Crippen LogP contribution is 2.22. The summed E-state index contributed by atoms with van der Waals surface area (Å²) in [7, 11) is -4.03. The van der Waals surface area contributed by atoms with Gasteiger partial charge in [0.15, 0.2) is 5.82 Å². The smallest absolute Gasteiger partial charge is 0.261 e. The number of carbonyl (C=O) groups excluding carboxylic acids is 1. The summed E-state index contributed by atoms with van der Waals surface area (Å²) < 4.78 is 43.2. The number of para-hydroxylation sites is 1. The summed E-state index contributed by atoms with van der Waals surface area (Å²) in [5.74, 6) is -0.402. The number of nitrogens with zero attached hydrogens (tertiary/aromatic N) is 3. The van der Waals surface area contributed by atoms with Crippen molar-refractivity contribution in [2.45, 2.75) is 18.4 Å². The molecule has 2 aromatic carbocycles. The van der Waals surface area contributed by atoms with Crippen molar-refractivity contribution in [2.75, 3.05) is 4.72 Å². The van der Waals surface area contributed by atoms with Gasteiger partial charge in [0.1, 0.15) is 5.82 Å². The quantitative estimate of drug-likeness (QED) is 0.435. The van der Waals surface area contributed by atoms with Crippen molar-refractivity contribution in [1.29, 1.82) is 0 Å². The number of pyridine rings is 1. The first-order chi connectivity index (χ1) is 15.8. The van der Waals surface area contributed by atoms with Gasteiger partial charge in [-0.1, -0.05) is 18.2 Å². The number of amides is 1. The first-order valence-corrected chi connectivity index (χ1v) is 11.4. The molecule has 2 heterocycles. The minimum Gasteiger partial charge on any atom is -0.348 e. The van der Waals surface area contributed by atoms with Crippen LogP contribution in [0, 0.1) is 12.7 Å². The number of benzene rings is 2. The lowest BCUT2D eigenvalue weighted by Gasteiger charge is -2.14. The highest BCUT2D eigenvalue weighted by molar-refractivity contribution is 7.92. The van der Waals surface area contributed by atoms with Crippen LogP contribution in [0.4, 0.5) is 10.1 Å². The molecule has 0 spiro atoms. The van der Waals surface area contributed by atoms with Crippen LogP contribution >= 0.6 is 0 Å². The van der Waals surface area contributed by atoms with Crippen molar-refractivity contribution in [2.24, 2.45) is 0 Å². The Kier molecular flexibility index (Phi) is 6.18. The van der Waals surface area contributed by atoms with E-state index in [2.05, 4.69) is 20.1 Å². The number of aryl methyl sites for hydroxylation is 1. The second-order valence-electron chi connectivity index (χ2n) is 7.18. The first-order valence-electron chi connectivity index (χ1n) is 9.95. The molecule has 8 nitrogen and oxygen atoms in total. The molecular weight excluding hydrogens is 445 g/mol. The van der Waals surface area contributed by atoms with E-state index >= 15 is 0 Å². The minimum atomic E-state index is -4.03. The average Bonchev–Trinajstić information content (AvgIpc) is 3.34. The molecule has 33 heavy (non-hydrogen) atoms. The third kappa shape index (κ3) is 4.90. The van der Waals surface area contributed by atoms with E-state index in [0.29, 0.717) is 5.82 Å². The number of anilines is 1. The molecule has 0 atom stereocenters. The largest absolute Gasteiger partial charge is 0.348 e. The first kappa shape index (κ1) is 22.2. The normalized spacial score (nSPS) is 11.2. The van der Waals surface area contributed by atoms with Crippen molar-refractivity contribution < 1.29 is 17.6 Å². The molecule has 4 rings (SSSR count). The van der Waals surface area contributed by atoms with Gasteiger partial charge in [-0.3, -0.25) is 9.52 Å². The van der Waals surface area contributed by atoms with Crippen LogP contribution < -0.4 is 10.0 Å². The molecular formula is C23H20FN5O3S. The lowest BCUT2D eigenvalue weighted by atomic mass is 10.1. The standard InChI is InChI=1S/C23H20FN5O3S/c1-16-14-18(9-10-20(16)24)33(31,32)28-21-8-3-2-7-19(21)23(30)26-15-17-6-4-11-25-22(17)29-13-5-12-27-29/h2-14,28H,15H2,1H3,(H,26,30). The van der Waals surface area contributed by atoms with Crippen LogP contribution in [0.2, 0.25) is 0 Å². The topological polar surface area (TPSA) is 106 Å². The molecule has 0 unspecified atom stereocenters. The zero-order valence-electron chi connectivity index (χ0n) is 17.6. The van der Waals surface area contributed by atoms with E-state index in [1.165, 1.54) is 31.2 Å². The molecule has 0 fully saturated rings. The molecule has 4 aromatic rings. The Morgan fingerprint density at radius 2 is 1.88 bits per heavy atom. The van der Waals surface area contributed by atoms with Gasteiger partial charge in [-0.05, 0) is 55.0 Å². The van der Waals surface area contributed by atoms with Crippen molar-refractivity contribution >= 4 is 21.6 Å². The number of carbonyl (C=O) groups is 1. The maximum atomic E-state index is 13.5. The molecule has 10 heteroatoms. The SMILES string of the molecule is Cc1cc(S(=O)(=O)Nc2ccccc2C(=O)NCc2cccnc2-n2cccn2)ccc1F. The molecule has 0 aliphatic carbocycles. The molecule has 0 radical (unpaired) electrons. The number of halogens is 1. The van der Waals surface area contributed by atoms with Gasteiger partial charge in [0, 0.05) is 30.7 Å². The van der Waals surface area contributed by atoms with Gasteiger partial charge in [-0.25, -0.2) is 22.5 Å². The number of rotatable bonds is 7. The number of sulfonamides is 1. The van der Waals surface area contributed by atoms with E-state index in [0.717, 1.165) is 11.6 Å². The highest BCUT2D eigenvalue weighted by Gasteiger charge is 2.20. The van der Waals surface area contributed by atoms with E-state index in [1.54, 1.807) is 47.5 Å². The Morgan fingerprint density at radius 3 is 2.64 bits per heavy atom. The highest BCUT2D eigenvalue weighted by atomic mass is 32.2. The summed E-state index contributed by atoms with van der Waals surface area (Å²) in [6.45, 7) is 1.63. The fraction of sp³-hybridized carbons (Fsp3) is 0.0870. The predicted octanol–water partition coefficient (Wildman–Crippen LogP) is 3.45. The Balaban J connectivity index is 1.54. The van der Waals surface area contributed by atoms with E-state index in [4.69, 9.17) is 0 Å². The minimum absolute atomic E-state index is 0.101. The molecule has 0 saturated carbocycles. The van der Waals surface area contributed by atoms with Gasteiger partial charge < -0.3 is 5.32 Å². The number of nitrogens with one attached hydrogen (secondary N) is 2. The second-order valence-corrected chi connectivity index (χ2v) is 8.86. The third-order valence-corrected chi connectivity index (χ3v) is 6.25. The summed E-state index contributed by atoms with van der Waals surface area (Å²) in [4.78, 5) is 17.1. The van der Waals surface area contributed by atoms with Crippen molar-refractivity contribution in [3.63, 3.8) is 0 Å². The lowest BCUT2D eigenvalue weighted by Crippen LogP contribution is -2.25. The third-order valence-electron chi connectivity index (χ3n) is 4.88. The maximum Gasteiger partial charge on any atom is 0.261 e. The summed E-state index contributed by atoms with van der Waals surface area (Å²) in [6.07, 6.45) is 5.00. The van der Waals surface area contributed by atoms with E-state index < -0.39 is 21.7 Å². The van der Waals surface area contributed by atoms with Crippen molar-refractivity contribution in [3.8, 4) is 5.82 Å². The molecule has 0 bridgehead atoms. The molecule has 1 amide bonds. The predicted molar refractivity (Wildman–Crippen MR) is 121 cm³/mol. The average molecular weight is 466 g/mol. The second kappa shape index (κ2) is 9.21. The molecule has 0 saturated heterocycles. The van der Waals surface area contributed by atoms with E-state index in [9.17, 15) is 17.6 Å². The fourth-order valence-corrected chi connectivity index (χ4v) is 4.36. The summed E-state index contributed by atoms with van der Waals surface area (Å²) in [5.41, 5.74) is 1.18. The van der Waals surface area contributed by atoms with Gasteiger partial charge in [-0.15, -0.1) is 0 Å². The molecule has 0 aliphatic rings. The monoisotopic (exact) mass is 465 g/mol. The van der Waals surface area contributed by atoms with Gasteiger partial charge in [0.05, 0.1) is 16.1 Å². The Hall–Kier alpha value is -4.05. The van der Waals surface area contributed by atoms with Gasteiger partial charge in [0.25, 0.3) is 15.9 Å². The molecule has 2 aromatic heterocycles. The van der Waals surface area contributed by atoms with Gasteiger partial charge >= 0.3 is 0 Å². The van der Waals surface area contributed by atoms with Crippen LogP contribution in [0.25, 0.3) is 5.82 Å². The summed E-state index contributed by atoms with van der Waals surface area (Å²) >= 11 is 0. The van der Waals surface area contributed by atoms with E-state index in [1.807, 2.05) is 6.07 Å². The Bertz CT molecular complexity index is 1410. The Morgan fingerprint density at radius 1 is 1.06 bits per heavy atom. The van der Waals surface area contributed by atoms with E-state index in [-0.39, 0.29) is 28.3 Å². The van der Waals surface area contributed by atoms with Gasteiger partial charge in [0.2, 0.25) is 0 Å². The summed E-state index contributed by atoms with van der Waals surface area (Å²) in [5, 5.41) is 6.96. The van der Waals surface area contributed by atoms with Crippen LogP contribution in [0.1, 0.15) is 21.5 Å².